The Morgan fingerprint density at radius 3 is 2.43 bits per heavy atom. The zero-order valence-electron chi connectivity index (χ0n) is 16.7. The van der Waals surface area contributed by atoms with Crippen LogP contribution in [0.1, 0.15) is 36.5 Å². The van der Waals surface area contributed by atoms with Crippen LogP contribution in [0.15, 0.2) is 47.4 Å². The number of nitrogens with one attached hydrogen (secondary N) is 2. The minimum Gasteiger partial charge on any atom is -0.349 e. The highest BCUT2D eigenvalue weighted by molar-refractivity contribution is 7.92. The lowest BCUT2D eigenvalue weighted by atomic mass is 10.0. The average molecular weight is 454 g/mol. The number of nitrogens with zero attached hydrogens (tertiary/aromatic N) is 1. The van der Waals surface area contributed by atoms with Crippen LogP contribution in [0.25, 0.3) is 0 Å². The standard InChI is InChI=1S/C21H25ClFN3O3S/c1-2-11-26-12-9-16(10-13-26)24-21(27)15-3-5-17(6-4-15)25-30(28,29)18-7-8-20(23)19(22)14-18/h3-8,14,16,25H,2,9-13H2,1H3,(H,24,27). The quantitative estimate of drug-likeness (QED) is 0.666. The zero-order valence-corrected chi connectivity index (χ0v) is 18.3. The summed E-state index contributed by atoms with van der Waals surface area (Å²) in [5.41, 5.74) is 0.749. The van der Waals surface area contributed by atoms with Crippen molar-refractivity contribution in [2.75, 3.05) is 24.4 Å². The highest BCUT2D eigenvalue weighted by atomic mass is 35.5. The van der Waals surface area contributed by atoms with E-state index in [9.17, 15) is 17.6 Å². The number of hydrogen-bond donors (Lipinski definition) is 2. The van der Waals surface area contributed by atoms with E-state index in [1.807, 2.05) is 0 Å². The van der Waals surface area contributed by atoms with Crippen LogP contribution < -0.4 is 10.0 Å². The minimum absolute atomic E-state index is 0.145. The van der Waals surface area contributed by atoms with Crippen LogP contribution in [-0.4, -0.2) is 44.9 Å². The summed E-state index contributed by atoms with van der Waals surface area (Å²) in [6.07, 6.45) is 2.97. The molecular formula is C21H25ClFN3O3S. The number of carbonyl (C=O) groups excluding carboxylic acids is 1. The molecule has 1 saturated heterocycles. The molecule has 3 rings (SSSR count). The van der Waals surface area contributed by atoms with Gasteiger partial charge in [0, 0.05) is 30.4 Å². The second kappa shape index (κ2) is 9.76. The van der Waals surface area contributed by atoms with Crippen molar-refractivity contribution in [1.29, 1.82) is 0 Å². The molecule has 0 unspecified atom stereocenters. The SMILES string of the molecule is CCCN1CCC(NC(=O)c2ccc(NS(=O)(=O)c3ccc(F)c(Cl)c3)cc2)CC1. The number of anilines is 1. The second-order valence-electron chi connectivity index (χ2n) is 7.35. The van der Waals surface area contributed by atoms with E-state index < -0.39 is 15.8 Å². The molecule has 1 fully saturated rings. The summed E-state index contributed by atoms with van der Waals surface area (Å²) in [5.74, 6) is -0.870. The summed E-state index contributed by atoms with van der Waals surface area (Å²) in [5, 5.41) is 2.78. The fourth-order valence-electron chi connectivity index (χ4n) is 3.43. The number of amides is 1. The largest absolute Gasteiger partial charge is 0.349 e. The predicted molar refractivity (Wildman–Crippen MR) is 116 cm³/mol. The number of rotatable bonds is 7. The predicted octanol–water partition coefficient (Wildman–Crippen LogP) is 3.88. The third-order valence-electron chi connectivity index (χ3n) is 5.06. The van der Waals surface area contributed by atoms with Crippen LogP contribution >= 0.6 is 11.6 Å². The first-order chi connectivity index (χ1) is 14.3. The number of hydrogen-bond acceptors (Lipinski definition) is 4. The molecule has 1 aliphatic heterocycles. The van der Waals surface area contributed by atoms with Gasteiger partial charge in [-0.05, 0) is 68.3 Å². The van der Waals surface area contributed by atoms with Crippen molar-refractivity contribution in [2.24, 2.45) is 0 Å². The van der Waals surface area contributed by atoms with Gasteiger partial charge in [-0.2, -0.15) is 0 Å². The molecule has 0 atom stereocenters. The van der Waals surface area contributed by atoms with Crippen molar-refractivity contribution in [3.63, 3.8) is 0 Å². The molecular weight excluding hydrogens is 429 g/mol. The number of halogens is 2. The molecule has 0 saturated carbocycles. The first-order valence-electron chi connectivity index (χ1n) is 9.89. The van der Waals surface area contributed by atoms with E-state index in [1.165, 1.54) is 12.1 Å². The van der Waals surface area contributed by atoms with Gasteiger partial charge in [-0.3, -0.25) is 9.52 Å². The van der Waals surface area contributed by atoms with E-state index in [0.29, 0.717) is 11.3 Å². The van der Waals surface area contributed by atoms with Crippen molar-refractivity contribution >= 4 is 33.2 Å². The van der Waals surface area contributed by atoms with Gasteiger partial charge in [0.1, 0.15) is 5.82 Å². The number of carbonyl (C=O) groups is 1. The summed E-state index contributed by atoms with van der Waals surface area (Å²) in [6, 6.07) is 9.49. The van der Waals surface area contributed by atoms with Gasteiger partial charge in [-0.25, -0.2) is 12.8 Å². The molecule has 30 heavy (non-hydrogen) atoms. The maximum absolute atomic E-state index is 13.3. The molecule has 6 nitrogen and oxygen atoms in total. The first kappa shape index (κ1) is 22.5. The van der Waals surface area contributed by atoms with Crippen LogP contribution in [0.2, 0.25) is 5.02 Å². The molecule has 0 aromatic heterocycles. The van der Waals surface area contributed by atoms with Gasteiger partial charge in [-0.1, -0.05) is 18.5 Å². The molecule has 2 aromatic rings. The number of sulfonamides is 1. The Morgan fingerprint density at radius 1 is 1.17 bits per heavy atom. The Hall–Kier alpha value is -2.16. The number of piperidine rings is 1. The molecule has 0 bridgehead atoms. The van der Waals surface area contributed by atoms with E-state index in [-0.39, 0.29) is 21.9 Å². The number of likely N-dealkylation sites (tertiary alicyclic amines) is 1. The Labute approximate surface area is 181 Å². The van der Waals surface area contributed by atoms with Crippen LogP contribution in [0.5, 0.6) is 0 Å². The Bertz CT molecular complexity index is 991. The summed E-state index contributed by atoms with van der Waals surface area (Å²) < 4.78 is 40.6. The fourth-order valence-corrected chi connectivity index (χ4v) is 4.76. The second-order valence-corrected chi connectivity index (χ2v) is 9.44. The normalized spacial score (nSPS) is 15.7. The molecule has 162 valence electrons. The van der Waals surface area contributed by atoms with Gasteiger partial charge in [0.25, 0.3) is 15.9 Å². The van der Waals surface area contributed by atoms with Crippen LogP contribution in [0.4, 0.5) is 10.1 Å². The molecule has 1 heterocycles. The molecule has 0 spiro atoms. The smallest absolute Gasteiger partial charge is 0.261 e. The van der Waals surface area contributed by atoms with Gasteiger partial charge in [0.15, 0.2) is 0 Å². The Morgan fingerprint density at radius 2 is 1.83 bits per heavy atom. The summed E-state index contributed by atoms with van der Waals surface area (Å²) in [7, 11) is -3.92. The zero-order chi connectivity index (χ0) is 21.7. The van der Waals surface area contributed by atoms with Crippen molar-refractivity contribution < 1.29 is 17.6 Å². The fraction of sp³-hybridized carbons (Fsp3) is 0.381. The van der Waals surface area contributed by atoms with Crippen molar-refractivity contribution in [2.45, 2.75) is 37.1 Å². The molecule has 2 N–H and O–H groups in total. The van der Waals surface area contributed by atoms with Gasteiger partial charge in [0.2, 0.25) is 0 Å². The van der Waals surface area contributed by atoms with Gasteiger partial charge in [0.05, 0.1) is 9.92 Å². The molecule has 1 amide bonds. The van der Waals surface area contributed by atoms with Crippen molar-refractivity contribution in [1.82, 2.24) is 10.2 Å². The molecule has 0 aliphatic carbocycles. The average Bonchev–Trinajstić information content (AvgIpc) is 2.72. The Kier molecular flexibility index (Phi) is 7.33. The van der Waals surface area contributed by atoms with E-state index in [0.717, 1.165) is 57.1 Å². The minimum atomic E-state index is -3.92. The van der Waals surface area contributed by atoms with Gasteiger partial charge >= 0.3 is 0 Å². The van der Waals surface area contributed by atoms with Crippen LogP contribution in [0, 0.1) is 5.82 Å². The maximum Gasteiger partial charge on any atom is 0.261 e. The van der Waals surface area contributed by atoms with Crippen LogP contribution in [0.3, 0.4) is 0 Å². The van der Waals surface area contributed by atoms with Crippen molar-refractivity contribution in [3.05, 3.63) is 58.9 Å². The van der Waals surface area contributed by atoms with Crippen LogP contribution in [-0.2, 0) is 10.0 Å². The third-order valence-corrected chi connectivity index (χ3v) is 6.73. The summed E-state index contributed by atoms with van der Waals surface area (Å²) in [4.78, 5) is 14.7. The summed E-state index contributed by atoms with van der Waals surface area (Å²) >= 11 is 5.67. The van der Waals surface area contributed by atoms with E-state index >= 15 is 0 Å². The van der Waals surface area contributed by atoms with Gasteiger partial charge < -0.3 is 10.2 Å². The first-order valence-corrected chi connectivity index (χ1v) is 11.8. The van der Waals surface area contributed by atoms with E-state index in [2.05, 4.69) is 21.9 Å². The highest BCUT2D eigenvalue weighted by Gasteiger charge is 2.21. The molecule has 9 heteroatoms. The maximum atomic E-state index is 13.3. The van der Waals surface area contributed by atoms with E-state index in [4.69, 9.17) is 11.6 Å². The Balaban J connectivity index is 1.59. The lowest BCUT2D eigenvalue weighted by Gasteiger charge is -2.32. The van der Waals surface area contributed by atoms with E-state index in [1.54, 1.807) is 12.1 Å². The lowest BCUT2D eigenvalue weighted by molar-refractivity contribution is 0.0911. The topological polar surface area (TPSA) is 78.5 Å². The number of benzene rings is 2. The third kappa shape index (κ3) is 5.71. The molecule has 2 aromatic carbocycles. The lowest BCUT2D eigenvalue weighted by Crippen LogP contribution is -2.44. The van der Waals surface area contributed by atoms with Crippen molar-refractivity contribution in [3.8, 4) is 0 Å². The highest BCUT2D eigenvalue weighted by Crippen LogP contribution is 2.22. The summed E-state index contributed by atoms with van der Waals surface area (Å²) in [6.45, 7) is 5.20. The molecule has 0 radical (unpaired) electrons. The van der Waals surface area contributed by atoms with Gasteiger partial charge in [-0.15, -0.1) is 0 Å². The molecule has 1 aliphatic rings. The monoisotopic (exact) mass is 453 g/mol.